The van der Waals surface area contributed by atoms with Gasteiger partial charge in [0.1, 0.15) is 17.6 Å². The third-order valence-corrected chi connectivity index (χ3v) is 5.31. The highest BCUT2D eigenvalue weighted by atomic mass is 19.1. The summed E-state index contributed by atoms with van der Waals surface area (Å²) in [6, 6.07) is 5.47. The molecule has 0 aliphatic heterocycles. The van der Waals surface area contributed by atoms with Gasteiger partial charge in [0.05, 0.1) is 20.2 Å². The number of rotatable bonds is 16. The van der Waals surface area contributed by atoms with E-state index in [1.165, 1.54) is 13.2 Å². The number of unbranched alkanes of at least 4 members (excludes halogenated alkanes) is 2. The highest BCUT2D eigenvalue weighted by molar-refractivity contribution is 6.27. The molecule has 212 valence electrons. The molecule has 10 nitrogen and oxygen atoms in total. The molecule has 0 radical (unpaired) electrons. The highest BCUT2D eigenvalue weighted by Crippen LogP contribution is 2.11. The number of aliphatic carboxylic acids is 2. The second-order valence-corrected chi connectivity index (χ2v) is 8.38. The van der Waals surface area contributed by atoms with Gasteiger partial charge in [-0.25, -0.2) is 18.8 Å². The first-order valence-corrected chi connectivity index (χ1v) is 12.2. The van der Waals surface area contributed by atoms with Crippen LogP contribution >= 0.6 is 0 Å². The molecular formula is C28H35FN2O8. The summed E-state index contributed by atoms with van der Waals surface area (Å²) in [7, 11) is 1.28. The predicted octanol–water partition coefficient (Wildman–Crippen LogP) is 2.05. The molecule has 0 heterocycles. The van der Waals surface area contributed by atoms with Crippen molar-refractivity contribution in [2.45, 2.75) is 57.4 Å². The third-order valence-electron chi connectivity index (χ3n) is 5.31. The van der Waals surface area contributed by atoms with Gasteiger partial charge in [0.15, 0.2) is 0 Å². The summed E-state index contributed by atoms with van der Waals surface area (Å²) in [5.41, 5.74) is 0.378. The van der Waals surface area contributed by atoms with Gasteiger partial charge in [-0.3, -0.25) is 14.5 Å². The summed E-state index contributed by atoms with van der Waals surface area (Å²) < 4.78 is 18.4. The van der Waals surface area contributed by atoms with Crippen LogP contribution in [0.2, 0.25) is 0 Å². The van der Waals surface area contributed by atoms with Crippen LogP contribution in [0, 0.1) is 30.5 Å². The smallest absolute Gasteiger partial charge is 0.414 e. The number of carbonyl (C=O) groups is 5. The fraction of sp³-hybridized carbons (Fsp3) is 0.464. The van der Waals surface area contributed by atoms with Crippen molar-refractivity contribution < 1.29 is 43.3 Å². The van der Waals surface area contributed by atoms with E-state index in [4.69, 9.17) is 37.4 Å². The first kappa shape index (κ1) is 34.8. The Morgan fingerprint density at radius 3 is 2.10 bits per heavy atom. The molecule has 3 N–H and O–H groups in total. The van der Waals surface area contributed by atoms with Crippen LogP contribution in [0.1, 0.15) is 50.5 Å². The second kappa shape index (κ2) is 20.8. The fourth-order valence-corrected chi connectivity index (χ4v) is 3.36. The molecule has 11 heteroatoms. The quantitative estimate of drug-likeness (QED) is 0.122. The summed E-state index contributed by atoms with van der Waals surface area (Å²) >= 11 is 0. The molecule has 0 fully saturated rings. The summed E-state index contributed by atoms with van der Waals surface area (Å²) in [4.78, 5) is 56.5. The minimum atomic E-state index is -1.82. The van der Waals surface area contributed by atoms with E-state index in [9.17, 15) is 18.8 Å². The molecule has 1 aromatic carbocycles. The Hall–Kier alpha value is -4.22. The molecule has 0 saturated heterocycles. The number of hydrogen-bond donors (Lipinski definition) is 3. The number of carboxylic acids is 2. The van der Waals surface area contributed by atoms with Crippen molar-refractivity contribution in [3.05, 3.63) is 35.6 Å². The highest BCUT2D eigenvalue weighted by Gasteiger charge is 2.21. The van der Waals surface area contributed by atoms with Gasteiger partial charge in [-0.1, -0.05) is 30.0 Å². The van der Waals surface area contributed by atoms with Crippen LogP contribution in [0.15, 0.2) is 24.3 Å². The van der Waals surface area contributed by atoms with Gasteiger partial charge >= 0.3 is 17.9 Å². The van der Waals surface area contributed by atoms with Crippen LogP contribution < -0.4 is 5.32 Å². The molecule has 0 aliphatic rings. The number of amides is 1. The van der Waals surface area contributed by atoms with E-state index < -0.39 is 23.9 Å². The van der Waals surface area contributed by atoms with Crippen LogP contribution in [-0.2, 0) is 35.1 Å². The lowest BCUT2D eigenvalue weighted by Gasteiger charge is -2.19. The van der Waals surface area contributed by atoms with Crippen molar-refractivity contribution in [1.82, 2.24) is 10.2 Å². The van der Waals surface area contributed by atoms with Crippen molar-refractivity contribution in [1.29, 1.82) is 0 Å². The van der Waals surface area contributed by atoms with Gasteiger partial charge in [-0.05, 0) is 43.7 Å². The Morgan fingerprint density at radius 2 is 1.56 bits per heavy atom. The number of nitrogens with one attached hydrogen (secondary N) is 1. The SMILES string of the molecule is C#CCN(CC#C)CCCC[C@H](NC(=O)CCCCC(=O)Cc1ccccc1F)C(=O)OC.O=C(O)C(=O)O. The predicted molar refractivity (Wildman–Crippen MR) is 141 cm³/mol. The van der Waals surface area contributed by atoms with Gasteiger partial charge in [0, 0.05) is 25.8 Å². The maximum absolute atomic E-state index is 13.6. The number of ether oxygens (including phenoxy) is 1. The molecule has 1 rings (SSSR count). The monoisotopic (exact) mass is 546 g/mol. The van der Waals surface area contributed by atoms with E-state index in [0.717, 1.165) is 6.42 Å². The molecule has 0 spiro atoms. The zero-order valence-electron chi connectivity index (χ0n) is 22.0. The molecule has 1 atom stereocenters. The van der Waals surface area contributed by atoms with Crippen LogP contribution in [0.5, 0.6) is 0 Å². The lowest BCUT2D eigenvalue weighted by atomic mass is 10.0. The minimum absolute atomic E-state index is 0.0450. The van der Waals surface area contributed by atoms with Crippen LogP contribution in [-0.4, -0.2) is 77.5 Å². The van der Waals surface area contributed by atoms with E-state index >= 15 is 0 Å². The number of terminal acetylenes is 2. The van der Waals surface area contributed by atoms with E-state index in [1.807, 2.05) is 4.90 Å². The number of esters is 1. The van der Waals surface area contributed by atoms with Crippen LogP contribution in [0.3, 0.4) is 0 Å². The van der Waals surface area contributed by atoms with Crippen molar-refractivity contribution in [2.24, 2.45) is 0 Å². The average Bonchev–Trinajstić information content (AvgIpc) is 2.89. The third kappa shape index (κ3) is 17.0. The summed E-state index contributed by atoms with van der Waals surface area (Å²) in [5.74, 6) is 0.252. The minimum Gasteiger partial charge on any atom is -0.473 e. The number of carbonyl (C=O) groups excluding carboxylic acids is 3. The Morgan fingerprint density at radius 1 is 0.974 bits per heavy atom. The number of carboxylic acid groups (broad SMARTS) is 2. The Bertz CT molecular complexity index is 1020. The Kier molecular flexibility index (Phi) is 18.5. The Labute approximate surface area is 227 Å². The molecule has 0 saturated carbocycles. The Balaban J connectivity index is 0.00000215. The van der Waals surface area contributed by atoms with Crippen molar-refractivity contribution in [2.75, 3.05) is 26.7 Å². The largest absolute Gasteiger partial charge is 0.473 e. The number of benzene rings is 1. The van der Waals surface area contributed by atoms with Crippen LogP contribution in [0.25, 0.3) is 0 Å². The molecule has 1 amide bonds. The van der Waals surface area contributed by atoms with E-state index in [0.29, 0.717) is 50.9 Å². The van der Waals surface area contributed by atoms with Crippen molar-refractivity contribution >= 4 is 29.6 Å². The number of methoxy groups -OCH3 is 1. The number of halogens is 1. The maximum Gasteiger partial charge on any atom is 0.414 e. The molecular weight excluding hydrogens is 511 g/mol. The second-order valence-electron chi connectivity index (χ2n) is 8.38. The van der Waals surface area contributed by atoms with Gasteiger partial charge in [0.25, 0.3) is 0 Å². The van der Waals surface area contributed by atoms with E-state index in [1.54, 1.807) is 18.2 Å². The summed E-state index contributed by atoms with van der Waals surface area (Å²) in [6.07, 6.45) is 14.1. The molecule has 0 aromatic heterocycles. The van der Waals surface area contributed by atoms with Crippen molar-refractivity contribution in [3.8, 4) is 24.7 Å². The molecule has 39 heavy (non-hydrogen) atoms. The van der Waals surface area contributed by atoms with Gasteiger partial charge < -0.3 is 20.3 Å². The molecule has 1 aromatic rings. The average molecular weight is 547 g/mol. The molecule has 0 unspecified atom stereocenters. The summed E-state index contributed by atoms with van der Waals surface area (Å²) in [5, 5.41) is 17.5. The zero-order valence-corrected chi connectivity index (χ0v) is 22.0. The summed E-state index contributed by atoms with van der Waals surface area (Å²) in [6.45, 7) is 1.63. The lowest BCUT2D eigenvalue weighted by Crippen LogP contribution is -2.41. The molecule has 0 bridgehead atoms. The van der Waals surface area contributed by atoms with E-state index in [2.05, 4.69) is 17.2 Å². The molecule has 0 aliphatic carbocycles. The topological polar surface area (TPSA) is 150 Å². The van der Waals surface area contributed by atoms with Gasteiger partial charge in [-0.15, -0.1) is 12.8 Å². The number of hydrogen-bond acceptors (Lipinski definition) is 7. The zero-order chi connectivity index (χ0) is 29.6. The lowest BCUT2D eigenvalue weighted by molar-refractivity contribution is -0.159. The maximum atomic E-state index is 13.6. The van der Waals surface area contributed by atoms with Gasteiger partial charge in [0.2, 0.25) is 5.91 Å². The fourth-order valence-electron chi connectivity index (χ4n) is 3.36. The van der Waals surface area contributed by atoms with Gasteiger partial charge in [-0.2, -0.15) is 0 Å². The van der Waals surface area contributed by atoms with E-state index in [-0.39, 0.29) is 36.8 Å². The first-order valence-electron chi connectivity index (χ1n) is 12.2. The normalized spacial score (nSPS) is 10.7. The van der Waals surface area contributed by atoms with Crippen LogP contribution in [0.4, 0.5) is 4.39 Å². The number of nitrogens with zero attached hydrogens (tertiary/aromatic N) is 1. The van der Waals surface area contributed by atoms with Crippen molar-refractivity contribution in [3.63, 3.8) is 0 Å². The number of ketones is 1. The standard InChI is InChI=1S/C26H33FN2O4.C2H2O4/c1-4-17-29(18-5-2)19-11-10-15-24(26(32)33-3)28-25(31)16-9-7-13-22(30)20-21-12-6-8-14-23(21)27;3-1(4)2(5)6/h1-2,6,8,12,14,24H,7,9-11,13,15-20H2,3H3,(H,28,31);(H,3,4)(H,5,6)/t24-;/m0./s1. The first-order chi connectivity index (χ1) is 18.5. The number of Topliss-reactive ketones (excluding diaryl/α,β-unsaturated/α-hetero) is 1.